The first-order valence-electron chi connectivity index (χ1n) is 10.9. The van der Waals surface area contributed by atoms with E-state index < -0.39 is 59.9 Å². The molecule has 0 aromatic rings. The van der Waals surface area contributed by atoms with Crippen molar-refractivity contribution in [3.05, 3.63) is 0 Å². The highest BCUT2D eigenvalue weighted by Crippen LogP contribution is 2.07. The molecule has 5 unspecified atom stereocenters. The number of rotatable bonds is 18. The van der Waals surface area contributed by atoms with Gasteiger partial charge in [-0.1, -0.05) is 0 Å². The van der Waals surface area contributed by atoms with E-state index in [-0.39, 0.29) is 25.7 Å². The molecule has 0 radical (unpaired) electrons. The molecule has 5 atom stereocenters. The second kappa shape index (κ2) is 17.1. The topological polar surface area (TPSA) is 234 Å². The summed E-state index contributed by atoms with van der Waals surface area (Å²) in [5.41, 5.74) is 11.1. The Bertz CT molecular complexity index is 694. The standard InChI is InChI=1S/C20H37N5O8S/c1-11(26)16(25-17(29)12(22)6-7-15(27)28)19(31)23-13(5-3-4-9-21)18(30)24-14(20(32)33)8-10-34-2/h11-14,16,26H,3-10,21-22H2,1-2H3,(H,23,31)(H,24,30)(H,25,29)(H,27,28)(H,32,33). The van der Waals surface area contributed by atoms with E-state index >= 15 is 0 Å². The molecule has 0 saturated carbocycles. The summed E-state index contributed by atoms with van der Waals surface area (Å²) in [7, 11) is 0. The van der Waals surface area contributed by atoms with Gasteiger partial charge in [-0.3, -0.25) is 19.2 Å². The van der Waals surface area contributed by atoms with E-state index in [2.05, 4.69) is 16.0 Å². The van der Waals surface area contributed by atoms with Crippen molar-refractivity contribution in [2.45, 2.75) is 75.7 Å². The smallest absolute Gasteiger partial charge is 0.326 e. The number of carboxylic acid groups (broad SMARTS) is 2. The number of carbonyl (C=O) groups excluding carboxylic acids is 3. The summed E-state index contributed by atoms with van der Waals surface area (Å²) in [6, 6.07) is -4.97. The Kier molecular flexibility index (Phi) is 15.9. The van der Waals surface area contributed by atoms with Crippen LogP contribution in [0.15, 0.2) is 0 Å². The molecule has 196 valence electrons. The summed E-state index contributed by atoms with van der Waals surface area (Å²) in [6.07, 6.45) is 1.27. The van der Waals surface area contributed by atoms with Crippen molar-refractivity contribution in [3.63, 3.8) is 0 Å². The molecule has 10 N–H and O–H groups in total. The number of nitrogens with one attached hydrogen (secondary N) is 3. The van der Waals surface area contributed by atoms with Crippen LogP contribution in [0, 0.1) is 0 Å². The lowest BCUT2D eigenvalue weighted by molar-refractivity contribution is -0.142. The van der Waals surface area contributed by atoms with Crippen LogP contribution in [-0.2, 0) is 24.0 Å². The molecule has 14 heteroatoms. The van der Waals surface area contributed by atoms with Gasteiger partial charge in [-0.2, -0.15) is 11.8 Å². The summed E-state index contributed by atoms with van der Waals surface area (Å²) in [4.78, 5) is 59.9. The van der Waals surface area contributed by atoms with Crippen LogP contribution in [-0.4, -0.2) is 93.8 Å². The van der Waals surface area contributed by atoms with Gasteiger partial charge in [0.1, 0.15) is 18.1 Å². The molecule has 0 saturated heterocycles. The number of carbonyl (C=O) groups is 5. The predicted octanol–water partition coefficient (Wildman–Crippen LogP) is -2.02. The molecule has 0 bridgehead atoms. The lowest BCUT2D eigenvalue weighted by atomic mass is 10.0. The van der Waals surface area contributed by atoms with E-state index in [1.165, 1.54) is 18.7 Å². The van der Waals surface area contributed by atoms with Crippen molar-refractivity contribution in [3.8, 4) is 0 Å². The Balaban J connectivity index is 5.37. The second-order valence-electron chi connectivity index (χ2n) is 7.79. The third-order valence-corrected chi connectivity index (χ3v) is 5.52. The van der Waals surface area contributed by atoms with Crippen molar-refractivity contribution >= 4 is 41.4 Å². The molecule has 0 aliphatic rings. The van der Waals surface area contributed by atoms with E-state index in [4.69, 9.17) is 16.6 Å². The molecule has 13 nitrogen and oxygen atoms in total. The summed E-state index contributed by atoms with van der Waals surface area (Å²) in [5.74, 6) is -4.28. The van der Waals surface area contributed by atoms with Crippen molar-refractivity contribution in [1.82, 2.24) is 16.0 Å². The van der Waals surface area contributed by atoms with Crippen LogP contribution in [0.4, 0.5) is 0 Å². The number of hydrogen-bond acceptors (Lipinski definition) is 9. The van der Waals surface area contributed by atoms with Crippen LogP contribution >= 0.6 is 11.8 Å². The van der Waals surface area contributed by atoms with Crippen molar-refractivity contribution in [2.75, 3.05) is 18.6 Å². The fourth-order valence-corrected chi connectivity index (χ4v) is 3.34. The van der Waals surface area contributed by atoms with Crippen LogP contribution in [0.25, 0.3) is 0 Å². The van der Waals surface area contributed by atoms with Gasteiger partial charge in [-0.05, 0) is 57.6 Å². The lowest BCUT2D eigenvalue weighted by Gasteiger charge is -2.26. The fraction of sp³-hybridized carbons (Fsp3) is 0.750. The average Bonchev–Trinajstić information content (AvgIpc) is 2.76. The molecule has 0 aliphatic heterocycles. The number of nitrogens with two attached hydrogens (primary N) is 2. The van der Waals surface area contributed by atoms with Gasteiger partial charge in [0.15, 0.2) is 0 Å². The van der Waals surface area contributed by atoms with Crippen molar-refractivity contribution in [1.29, 1.82) is 0 Å². The monoisotopic (exact) mass is 507 g/mol. The Hall–Kier alpha value is -2.42. The zero-order chi connectivity index (χ0) is 26.3. The van der Waals surface area contributed by atoms with Gasteiger partial charge in [0.05, 0.1) is 12.1 Å². The first-order chi connectivity index (χ1) is 15.9. The van der Waals surface area contributed by atoms with Gasteiger partial charge < -0.3 is 42.7 Å². The van der Waals surface area contributed by atoms with Gasteiger partial charge in [0, 0.05) is 6.42 Å². The number of aliphatic carboxylic acids is 2. The highest BCUT2D eigenvalue weighted by molar-refractivity contribution is 7.98. The molecule has 0 aliphatic carbocycles. The minimum Gasteiger partial charge on any atom is -0.481 e. The first kappa shape index (κ1) is 31.6. The maximum absolute atomic E-state index is 12.8. The summed E-state index contributed by atoms with van der Waals surface area (Å²) in [5, 5.41) is 35.2. The molecule has 0 spiro atoms. The summed E-state index contributed by atoms with van der Waals surface area (Å²) < 4.78 is 0. The second-order valence-corrected chi connectivity index (χ2v) is 8.78. The minimum atomic E-state index is -1.47. The fourth-order valence-electron chi connectivity index (χ4n) is 2.86. The minimum absolute atomic E-state index is 0.155. The van der Waals surface area contributed by atoms with Crippen LogP contribution in [0.5, 0.6) is 0 Å². The summed E-state index contributed by atoms with van der Waals surface area (Å²) >= 11 is 1.42. The Morgan fingerprint density at radius 3 is 2.00 bits per heavy atom. The third kappa shape index (κ3) is 12.7. The Labute approximate surface area is 202 Å². The third-order valence-electron chi connectivity index (χ3n) is 4.87. The van der Waals surface area contributed by atoms with E-state index in [1.54, 1.807) is 6.26 Å². The SMILES string of the molecule is CSCCC(NC(=O)C(CCCCN)NC(=O)C(NC(=O)C(N)CCC(=O)O)C(C)O)C(=O)O. The molecule has 0 fully saturated rings. The number of aliphatic hydroxyl groups excluding tert-OH is 1. The molecule has 34 heavy (non-hydrogen) atoms. The van der Waals surface area contributed by atoms with Crippen molar-refractivity contribution < 1.29 is 39.3 Å². The van der Waals surface area contributed by atoms with Crippen LogP contribution in [0.2, 0.25) is 0 Å². The quantitative estimate of drug-likeness (QED) is 0.0943. The molecular formula is C20H37N5O8S. The van der Waals surface area contributed by atoms with Gasteiger partial charge in [0.2, 0.25) is 17.7 Å². The lowest BCUT2D eigenvalue weighted by Crippen LogP contribution is -2.59. The van der Waals surface area contributed by atoms with E-state index in [0.29, 0.717) is 25.1 Å². The Morgan fingerprint density at radius 2 is 1.50 bits per heavy atom. The predicted molar refractivity (Wildman–Crippen MR) is 126 cm³/mol. The number of hydrogen-bond donors (Lipinski definition) is 8. The van der Waals surface area contributed by atoms with E-state index in [9.17, 15) is 34.2 Å². The van der Waals surface area contributed by atoms with Gasteiger partial charge in [-0.25, -0.2) is 4.79 Å². The highest BCUT2D eigenvalue weighted by Gasteiger charge is 2.32. The summed E-state index contributed by atoms with van der Waals surface area (Å²) in [6.45, 7) is 1.61. The molecule has 0 rings (SSSR count). The number of unbranched alkanes of at least 4 members (excludes halogenated alkanes) is 1. The number of carboxylic acids is 2. The molecule has 0 heterocycles. The zero-order valence-electron chi connectivity index (χ0n) is 19.5. The molecule has 3 amide bonds. The molecule has 0 aromatic heterocycles. The van der Waals surface area contributed by atoms with E-state index in [0.717, 1.165) is 0 Å². The number of thioether (sulfide) groups is 1. The maximum atomic E-state index is 12.8. The van der Waals surface area contributed by atoms with E-state index in [1.807, 2.05) is 0 Å². The highest BCUT2D eigenvalue weighted by atomic mass is 32.2. The largest absolute Gasteiger partial charge is 0.481 e. The number of amides is 3. The van der Waals surface area contributed by atoms with Gasteiger partial charge in [-0.15, -0.1) is 0 Å². The van der Waals surface area contributed by atoms with Gasteiger partial charge >= 0.3 is 11.9 Å². The van der Waals surface area contributed by atoms with Crippen LogP contribution in [0.3, 0.4) is 0 Å². The normalized spacial score (nSPS) is 15.3. The molecular weight excluding hydrogens is 470 g/mol. The van der Waals surface area contributed by atoms with Crippen LogP contribution in [0.1, 0.15) is 45.4 Å². The molecule has 0 aromatic carbocycles. The first-order valence-corrected chi connectivity index (χ1v) is 12.3. The zero-order valence-corrected chi connectivity index (χ0v) is 20.3. The van der Waals surface area contributed by atoms with Gasteiger partial charge in [0.25, 0.3) is 0 Å². The van der Waals surface area contributed by atoms with Crippen molar-refractivity contribution in [2.24, 2.45) is 11.5 Å². The Morgan fingerprint density at radius 1 is 0.882 bits per heavy atom. The maximum Gasteiger partial charge on any atom is 0.326 e. The average molecular weight is 508 g/mol. The number of aliphatic hydroxyl groups is 1. The van der Waals surface area contributed by atoms with Crippen LogP contribution < -0.4 is 27.4 Å².